The molecule has 21 heavy (non-hydrogen) atoms. The summed E-state index contributed by atoms with van der Waals surface area (Å²) in [7, 11) is 1.88. The summed E-state index contributed by atoms with van der Waals surface area (Å²) >= 11 is 0. The van der Waals surface area contributed by atoms with Crippen LogP contribution in [0, 0.1) is 0 Å². The van der Waals surface area contributed by atoms with Gasteiger partial charge in [0, 0.05) is 24.9 Å². The molecule has 0 aromatic carbocycles. The van der Waals surface area contributed by atoms with E-state index in [1.54, 1.807) is 6.08 Å². The van der Waals surface area contributed by atoms with Crippen LogP contribution in [0.3, 0.4) is 0 Å². The van der Waals surface area contributed by atoms with Gasteiger partial charge >= 0.3 is 5.97 Å². The first kappa shape index (κ1) is 13.9. The van der Waals surface area contributed by atoms with E-state index in [1.807, 2.05) is 29.9 Å². The summed E-state index contributed by atoms with van der Waals surface area (Å²) in [6.07, 6.45) is 9.17. The number of hydrogen-bond donors (Lipinski definition) is 0. The summed E-state index contributed by atoms with van der Waals surface area (Å²) in [6.45, 7) is 4.95. The number of fused-ring (bicyclic) bond motifs is 1. The molecule has 2 aliphatic heterocycles. The molecule has 0 radical (unpaired) electrons. The van der Waals surface area contributed by atoms with Gasteiger partial charge in [0.1, 0.15) is 13.7 Å². The lowest BCUT2D eigenvalue weighted by atomic mass is 9.88. The van der Waals surface area contributed by atoms with E-state index in [4.69, 9.17) is 4.74 Å². The average Bonchev–Trinajstić information content (AvgIpc) is 2.46. The lowest BCUT2D eigenvalue weighted by Gasteiger charge is -2.44. The van der Waals surface area contributed by atoms with Crippen LogP contribution >= 0.6 is 0 Å². The summed E-state index contributed by atoms with van der Waals surface area (Å²) in [6, 6.07) is 4.70. The van der Waals surface area contributed by atoms with E-state index < -0.39 is 0 Å². The lowest BCUT2D eigenvalue weighted by molar-refractivity contribution is -0.674. The Bertz CT molecular complexity index is 607. The van der Waals surface area contributed by atoms with Crippen molar-refractivity contribution in [3.63, 3.8) is 0 Å². The number of allylic oxidation sites excluding steroid dienone is 1. The molecule has 4 heteroatoms. The van der Waals surface area contributed by atoms with Gasteiger partial charge in [0.2, 0.25) is 0 Å². The molecule has 1 aromatic heterocycles. The van der Waals surface area contributed by atoms with Crippen molar-refractivity contribution in [1.29, 1.82) is 0 Å². The van der Waals surface area contributed by atoms with E-state index in [0.717, 1.165) is 18.5 Å². The number of pyridine rings is 1. The van der Waals surface area contributed by atoms with Crippen LogP contribution in [0.25, 0.3) is 5.57 Å². The van der Waals surface area contributed by atoms with E-state index in [0.29, 0.717) is 11.7 Å². The number of rotatable bonds is 4. The number of aromatic nitrogens is 1. The van der Waals surface area contributed by atoms with Crippen molar-refractivity contribution in [3.05, 3.63) is 48.4 Å². The van der Waals surface area contributed by atoms with Crippen molar-refractivity contribution in [3.8, 4) is 0 Å². The first-order valence-corrected chi connectivity index (χ1v) is 7.44. The number of carbonyl (C=O) groups is 1. The van der Waals surface area contributed by atoms with E-state index in [9.17, 15) is 4.79 Å². The highest BCUT2D eigenvalue weighted by atomic mass is 16.5. The minimum absolute atomic E-state index is 0.237. The van der Waals surface area contributed by atoms with Crippen LogP contribution in [0.5, 0.6) is 0 Å². The number of hydrogen-bond acceptors (Lipinski definition) is 3. The third-order valence-corrected chi connectivity index (χ3v) is 4.31. The van der Waals surface area contributed by atoms with Crippen molar-refractivity contribution in [2.75, 3.05) is 13.2 Å². The maximum absolute atomic E-state index is 12.3. The predicted octanol–water partition coefficient (Wildman–Crippen LogP) is 2.06. The van der Waals surface area contributed by atoms with Crippen LogP contribution in [-0.4, -0.2) is 30.1 Å². The Morgan fingerprint density at radius 3 is 3.10 bits per heavy atom. The number of carbonyl (C=O) groups excluding carboxylic acids is 1. The number of esters is 1. The number of aryl methyl sites for hydroxylation is 1. The Kier molecular flexibility index (Phi) is 3.78. The molecule has 0 saturated carbocycles. The zero-order valence-corrected chi connectivity index (χ0v) is 12.4. The molecular weight excluding hydrogens is 264 g/mol. The monoisotopic (exact) mass is 285 g/mol. The van der Waals surface area contributed by atoms with Crippen LogP contribution in [0.4, 0.5) is 0 Å². The molecule has 3 heterocycles. The third-order valence-electron chi connectivity index (χ3n) is 4.31. The summed E-state index contributed by atoms with van der Waals surface area (Å²) in [5, 5.41) is 0. The Morgan fingerprint density at radius 1 is 1.57 bits per heavy atom. The molecule has 0 spiro atoms. The second-order valence-electron chi connectivity index (χ2n) is 5.64. The van der Waals surface area contributed by atoms with Crippen LogP contribution in [-0.2, 0) is 11.8 Å². The van der Waals surface area contributed by atoms with E-state index in [1.165, 1.54) is 18.4 Å². The minimum Gasteiger partial charge on any atom is -0.453 e. The fourth-order valence-electron chi connectivity index (χ4n) is 3.06. The average molecular weight is 285 g/mol. The number of nitrogens with zero attached hydrogens (tertiary/aromatic N) is 2. The molecule has 110 valence electrons. The minimum atomic E-state index is -0.292. The Labute approximate surface area is 125 Å². The topological polar surface area (TPSA) is 33.4 Å². The fourth-order valence-corrected chi connectivity index (χ4v) is 3.06. The van der Waals surface area contributed by atoms with Crippen molar-refractivity contribution < 1.29 is 14.1 Å². The smallest absolute Gasteiger partial charge is 0.404 e. The van der Waals surface area contributed by atoms with Gasteiger partial charge in [-0.2, -0.15) is 4.57 Å². The SMILES string of the molecule is C=CCOC(=O)c1c(C2=CN3CCC3CC2)ccc[n+]1C. The van der Waals surface area contributed by atoms with Crippen LogP contribution in [0.2, 0.25) is 0 Å². The normalized spacial score (nSPS) is 20.1. The first-order chi connectivity index (χ1) is 10.2. The largest absolute Gasteiger partial charge is 0.453 e. The number of ether oxygens (including phenoxy) is 1. The molecule has 1 saturated heterocycles. The van der Waals surface area contributed by atoms with E-state index in [2.05, 4.69) is 17.7 Å². The first-order valence-electron chi connectivity index (χ1n) is 7.44. The molecule has 2 aliphatic rings. The third kappa shape index (κ3) is 2.58. The van der Waals surface area contributed by atoms with Gasteiger partial charge in [0.05, 0.1) is 5.56 Å². The van der Waals surface area contributed by atoms with Crippen molar-refractivity contribution in [1.82, 2.24) is 4.90 Å². The highest BCUT2D eigenvalue weighted by molar-refractivity contribution is 5.92. The molecule has 1 unspecified atom stereocenters. The fraction of sp³-hybridized carbons (Fsp3) is 0.412. The zero-order valence-electron chi connectivity index (χ0n) is 12.4. The quantitative estimate of drug-likeness (QED) is 0.482. The molecular formula is C17H21N2O2+. The summed E-state index contributed by atoms with van der Waals surface area (Å²) in [4.78, 5) is 14.7. The van der Waals surface area contributed by atoms with E-state index in [-0.39, 0.29) is 12.6 Å². The van der Waals surface area contributed by atoms with Crippen molar-refractivity contribution >= 4 is 11.5 Å². The zero-order chi connectivity index (χ0) is 14.8. The predicted molar refractivity (Wildman–Crippen MR) is 80.4 cm³/mol. The molecule has 1 aromatic rings. The van der Waals surface area contributed by atoms with Gasteiger partial charge < -0.3 is 9.64 Å². The second kappa shape index (κ2) is 5.72. The summed E-state index contributed by atoms with van der Waals surface area (Å²) in [5.41, 5.74) is 2.83. The van der Waals surface area contributed by atoms with Gasteiger partial charge in [0.25, 0.3) is 5.69 Å². The molecule has 0 aliphatic carbocycles. The van der Waals surface area contributed by atoms with Crippen LogP contribution < -0.4 is 4.57 Å². The van der Waals surface area contributed by atoms with Crippen molar-refractivity contribution in [2.24, 2.45) is 7.05 Å². The van der Waals surface area contributed by atoms with Gasteiger partial charge in [-0.1, -0.05) is 12.7 Å². The highest BCUT2D eigenvalue weighted by Gasteiger charge is 2.32. The molecule has 0 N–H and O–H groups in total. The van der Waals surface area contributed by atoms with Gasteiger partial charge in [0.15, 0.2) is 6.20 Å². The lowest BCUT2D eigenvalue weighted by Crippen LogP contribution is -2.46. The van der Waals surface area contributed by atoms with Crippen molar-refractivity contribution in [2.45, 2.75) is 25.3 Å². The Morgan fingerprint density at radius 2 is 2.43 bits per heavy atom. The van der Waals surface area contributed by atoms with Gasteiger partial charge in [-0.05, 0) is 30.9 Å². The van der Waals surface area contributed by atoms with Gasteiger partial charge in [-0.3, -0.25) is 0 Å². The highest BCUT2D eigenvalue weighted by Crippen LogP contribution is 2.34. The Balaban J connectivity index is 1.94. The molecule has 0 amide bonds. The molecule has 0 bridgehead atoms. The van der Waals surface area contributed by atoms with Gasteiger partial charge in [-0.25, -0.2) is 4.79 Å². The molecule has 1 fully saturated rings. The van der Waals surface area contributed by atoms with Crippen LogP contribution in [0.1, 0.15) is 35.3 Å². The maximum atomic E-state index is 12.3. The molecule has 4 nitrogen and oxygen atoms in total. The summed E-state index contributed by atoms with van der Waals surface area (Å²) in [5.74, 6) is -0.292. The molecule has 1 atom stereocenters. The molecule has 3 rings (SSSR count). The maximum Gasteiger partial charge on any atom is 0.404 e. The second-order valence-corrected chi connectivity index (χ2v) is 5.64. The standard InChI is InChI=1S/C17H21N2O2/c1-3-11-21-17(20)16-15(5-4-9-18(16)2)13-6-7-14-8-10-19(14)12-13/h3-5,9,12,14H,1,6-8,10-11H2,2H3/q+1. The Hall–Kier alpha value is -2.10. The summed E-state index contributed by atoms with van der Waals surface area (Å²) < 4.78 is 7.07. The van der Waals surface area contributed by atoms with Crippen LogP contribution in [0.15, 0.2) is 37.2 Å². The van der Waals surface area contributed by atoms with E-state index >= 15 is 0 Å². The van der Waals surface area contributed by atoms with Gasteiger partial charge in [-0.15, -0.1) is 0 Å².